The van der Waals surface area contributed by atoms with Crippen LogP contribution in [0.2, 0.25) is 0 Å². The Hall–Kier alpha value is -1.74. The molecule has 112 valence electrons. The van der Waals surface area contributed by atoms with Gasteiger partial charge in [-0.2, -0.15) is 0 Å². The maximum absolute atomic E-state index is 4.55. The van der Waals surface area contributed by atoms with Crippen molar-refractivity contribution >= 4 is 0 Å². The fourth-order valence-electron chi connectivity index (χ4n) is 2.60. The van der Waals surface area contributed by atoms with Gasteiger partial charge in [0.1, 0.15) is 0 Å². The Bertz CT molecular complexity index is 555. The summed E-state index contributed by atoms with van der Waals surface area (Å²) in [7, 11) is 0. The average Bonchev–Trinajstić information content (AvgIpc) is 2.43. The average molecular weight is 283 g/mol. The SMILES string of the molecule is CCCNC(Cc1cc(C)cc(C)c1)c1cnc(C)cn1. The first-order chi connectivity index (χ1) is 10.1. The van der Waals surface area contributed by atoms with Gasteiger partial charge in [0, 0.05) is 6.20 Å². The highest BCUT2D eigenvalue weighted by molar-refractivity contribution is 5.29. The maximum atomic E-state index is 4.55. The lowest BCUT2D eigenvalue weighted by molar-refractivity contribution is 0.515. The van der Waals surface area contributed by atoms with Crippen molar-refractivity contribution in [2.45, 2.75) is 46.6 Å². The molecule has 0 aliphatic rings. The number of benzene rings is 1. The van der Waals surface area contributed by atoms with Crippen molar-refractivity contribution in [1.29, 1.82) is 0 Å². The van der Waals surface area contributed by atoms with Gasteiger partial charge < -0.3 is 5.32 Å². The van der Waals surface area contributed by atoms with Crippen LogP contribution in [0.15, 0.2) is 30.6 Å². The van der Waals surface area contributed by atoms with Gasteiger partial charge in [0.05, 0.1) is 23.6 Å². The Kier molecular flexibility index (Phi) is 5.45. The van der Waals surface area contributed by atoms with Crippen LogP contribution in [-0.2, 0) is 6.42 Å². The van der Waals surface area contributed by atoms with Crippen molar-refractivity contribution in [2.24, 2.45) is 0 Å². The van der Waals surface area contributed by atoms with E-state index in [-0.39, 0.29) is 6.04 Å². The van der Waals surface area contributed by atoms with Crippen molar-refractivity contribution in [3.8, 4) is 0 Å². The molecule has 0 aliphatic carbocycles. The predicted molar refractivity (Wildman–Crippen MR) is 87.4 cm³/mol. The summed E-state index contributed by atoms with van der Waals surface area (Å²) in [6, 6.07) is 6.95. The van der Waals surface area contributed by atoms with Gasteiger partial charge >= 0.3 is 0 Å². The summed E-state index contributed by atoms with van der Waals surface area (Å²) in [5.41, 5.74) is 5.96. The van der Waals surface area contributed by atoms with Crippen molar-refractivity contribution < 1.29 is 0 Å². The molecule has 1 unspecified atom stereocenters. The van der Waals surface area contributed by atoms with Gasteiger partial charge in [-0.3, -0.25) is 9.97 Å². The van der Waals surface area contributed by atoms with Gasteiger partial charge in [0.15, 0.2) is 0 Å². The topological polar surface area (TPSA) is 37.8 Å². The number of hydrogen-bond acceptors (Lipinski definition) is 3. The second kappa shape index (κ2) is 7.32. The van der Waals surface area contributed by atoms with Crippen molar-refractivity contribution in [3.63, 3.8) is 0 Å². The van der Waals surface area contributed by atoms with Gasteiger partial charge in [-0.05, 0) is 45.7 Å². The standard InChI is InChI=1S/C18H25N3/c1-5-6-19-17(18-12-20-15(4)11-21-18)10-16-8-13(2)7-14(3)9-16/h7-9,11-12,17,19H,5-6,10H2,1-4H3. The molecule has 0 fully saturated rings. The zero-order chi connectivity index (χ0) is 15.2. The van der Waals surface area contributed by atoms with Crippen molar-refractivity contribution in [1.82, 2.24) is 15.3 Å². The van der Waals surface area contributed by atoms with E-state index < -0.39 is 0 Å². The quantitative estimate of drug-likeness (QED) is 0.878. The van der Waals surface area contributed by atoms with Gasteiger partial charge in [0.2, 0.25) is 0 Å². The Balaban J connectivity index is 2.21. The first-order valence-corrected chi connectivity index (χ1v) is 7.67. The van der Waals surface area contributed by atoms with E-state index >= 15 is 0 Å². The summed E-state index contributed by atoms with van der Waals surface area (Å²) in [6.45, 7) is 9.44. The molecule has 0 amide bonds. The summed E-state index contributed by atoms with van der Waals surface area (Å²) in [6.07, 6.45) is 5.80. The van der Waals surface area contributed by atoms with E-state index in [9.17, 15) is 0 Å². The Morgan fingerprint density at radius 1 is 1.00 bits per heavy atom. The summed E-state index contributed by atoms with van der Waals surface area (Å²) in [4.78, 5) is 8.93. The van der Waals surface area contributed by atoms with E-state index in [4.69, 9.17) is 0 Å². The summed E-state index contributed by atoms with van der Waals surface area (Å²) >= 11 is 0. The molecule has 3 nitrogen and oxygen atoms in total. The first-order valence-electron chi connectivity index (χ1n) is 7.67. The van der Waals surface area contributed by atoms with Gasteiger partial charge in [0.25, 0.3) is 0 Å². The first kappa shape index (κ1) is 15.6. The van der Waals surface area contributed by atoms with E-state index in [0.29, 0.717) is 0 Å². The van der Waals surface area contributed by atoms with E-state index in [1.807, 2.05) is 19.3 Å². The lowest BCUT2D eigenvalue weighted by Gasteiger charge is -2.18. The van der Waals surface area contributed by atoms with Crippen LogP contribution in [0.25, 0.3) is 0 Å². The third kappa shape index (κ3) is 4.64. The Labute approximate surface area is 127 Å². The molecule has 1 atom stereocenters. The second-order valence-electron chi connectivity index (χ2n) is 5.79. The summed E-state index contributed by atoms with van der Waals surface area (Å²) in [5, 5.41) is 3.59. The van der Waals surface area contributed by atoms with Crippen LogP contribution >= 0.6 is 0 Å². The van der Waals surface area contributed by atoms with Crippen LogP contribution in [0, 0.1) is 20.8 Å². The van der Waals surface area contributed by atoms with Crippen molar-refractivity contribution in [2.75, 3.05) is 6.54 Å². The van der Waals surface area contributed by atoms with Crippen LogP contribution in [-0.4, -0.2) is 16.5 Å². The van der Waals surface area contributed by atoms with Gasteiger partial charge in [-0.1, -0.05) is 36.2 Å². The van der Waals surface area contributed by atoms with E-state index in [1.54, 1.807) is 0 Å². The summed E-state index contributed by atoms with van der Waals surface area (Å²) < 4.78 is 0. The lowest BCUT2D eigenvalue weighted by Crippen LogP contribution is -2.25. The predicted octanol–water partition coefficient (Wildman–Crippen LogP) is 3.69. The number of hydrogen-bond donors (Lipinski definition) is 1. The highest BCUT2D eigenvalue weighted by atomic mass is 14.9. The van der Waals surface area contributed by atoms with Crippen LogP contribution in [0.3, 0.4) is 0 Å². The minimum absolute atomic E-state index is 0.222. The largest absolute Gasteiger partial charge is 0.308 e. The third-order valence-corrected chi connectivity index (χ3v) is 3.52. The lowest BCUT2D eigenvalue weighted by atomic mass is 9.99. The third-order valence-electron chi connectivity index (χ3n) is 3.52. The van der Waals surface area contributed by atoms with Gasteiger partial charge in [-0.25, -0.2) is 0 Å². The number of aromatic nitrogens is 2. The molecular weight excluding hydrogens is 258 g/mol. The molecule has 0 bridgehead atoms. The molecule has 1 N–H and O–H groups in total. The highest BCUT2D eigenvalue weighted by Gasteiger charge is 2.13. The molecule has 1 aromatic heterocycles. The van der Waals surface area contributed by atoms with Crippen LogP contribution < -0.4 is 5.32 Å². The van der Waals surface area contributed by atoms with E-state index in [2.05, 4.69) is 54.3 Å². The summed E-state index contributed by atoms with van der Waals surface area (Å²) in [5.74, 6) is 0. The monoisotopic (exact) mass is 283 g/mol. The molecule has 0 aliphatic heterocycles. The molecule has 0 radical (unpaired) electrons. The smallest absolute Gasteiger partial charge is 0.0759 e. The van der Waals surface area contributed by atoms with Crippen LogP contribution in [0.1, 0.15) is 47.5 Å². The van der Waals surface area contributed by atoms with Crippen LogP contribution in [0.5, 0.6) is 0 Å². The molecule has 0 spiro atoms. The zero-order valence-corrected chi connectivity index (χ0v) is 13.5. The molecule has 1 heterocycles. The minimum atomic E-state index is 0.222. The number of nitrogens with zero attached hydrogens (tertiary/aromatic N) is 2. The normalized spacial score (nSPS) is 12.4. The molecular formula is C18H25N3. The molecule has 1 aromatic carbocycles. The molecule has 0 saturated heterocycles. The number of aryl methyl sites for hydroxylation is 3. The molecule has 2 aromatic rings. The minimum Gasteiger partial charge on any atom is -0.308 e. The second-order valence-corrected chi connectivity index (χ2v) is 5.79. The number of rotatable bonds is 6. The van der Waals surface area contributed by atoms with Crippen LogP contribution in [0.4, 0.5) is 0 Å². The fourth-order valence-corrected chi connectivity index (χ4v) is 2.60. The Morgan fingerprint density at radius 2 is 1.71 bits per heavy atom. The zero-order valence-electron chi connectivity index (χ0n) is 13.5. The van der Waals surface area contributed by atoms with Crippen molar-refractivity contribution in [3.05, 3.63) is 58.7 Å². The van der Waals surface area contributed by atoms with Gasteiger partial charge in [-0.15, -0.1) is 0 Å². The molecule has 21 heavy (non-hydrogen) atoms. The maximum Gasteiger partial charge on any atom is 0.0759 e. The van der Waals surface area contributed by atoms with E-state index in [1.165, 1.54) is 16.7 Å². The molecule has 3 heteroatoms. The number of nitrogens with one attached hydrogen (secondary N) is 1. The Morgan fingerprint density at radius 3 is 2.29 bits per heavy atom. The molecule has 0 saturated carbocycles. The molecule has 2 rings (SSSR count). The highest BCUT2D eigenvalue weighted by Crippen LogP contribution is 2.18. The fraction of sp³-hybridized carbons (Fsp3) is 0.444. The van der Waals surface area contributed by atoms with E-state index in [0.717, 1.165) is 30.8 Å².